The quantitative estimate of drug-likeness (QED) is 0.571. The summed E-state index contributed by atoms with van der Waals surface area (Å²) in [5.74, 6) is -2.61. The highest BCUT2D eigenvalue weighted by Crippen LogP contribution is 2.26. The third kappa shape index (κ3) is 5.21. The van der Waals surface area contributed by atoms with Gasteiger partial charge in [-0.3, -0.25) is 4.79 Å². The number of benzene rings is 1. The molecule has 8 heteroatoms. The highest BCUT2D eigenvalue weighted by molar-refractivity contribution is 9.10. The number of rotatable bonds is 5. The Kier molecular flexibility index (Phi) is 5.68. The maximum absolute atomic E-state index is 13.2. The number of carboxylic acids is 1. The Bertz CT molecular complexity index is 497. The van der Waals surface area contributed by atoms with Crippen molar-refractivity contribution in [1.29, 1.82) is 0 Å². The van der Waals surface area contributed by atoms with Crippen LogP contribution in [-0.4, -0.2) is 23.7 Å². The van der Waals surface area contributed by atoms with Gasteiger partial charge in [0.05, 0.1) is 10.2 Å². The van der Waals surface area contributed by atoms with Crippen molar-refractivity contribution in [3.63, 3.8) is 0 Å². The lowest BCUT2D eigenvalue weighted by molar-refractivity contribution is -0.137. The molecule has 1 rings (SSSR count). The molecule has 0 aliphatic carbocycles. The maximum atomic E-state index is 13.2. The Morgan fingerprint density at radius 2 is 2.00 bits per heavy atom. The lowest BCUT2D eigenvalue weighted by Gasteiger charge is -2.09. The second-order valence-corrected chi connectivity index (χ2v) is 4.42. The summed E-state index contributed by atoms with van der Waals surface area (Å²) in [4.78, 5) is 21.6. The summed E-state index contributed by atoms with van der Waals surface area (Å²) < 4.78 is 26.1. The highest BCUT2D eigenvalue weighted by Gasteiger charge is 2.11. The van der Waals surface area contributed by atoms with E-state index in [1.54, 1.807) is 0 Å². The van der Waals surface area contributed by atoms with Gasteiger partial charge in [0.25, 0.3) is 0 Å². The van der Waals surface area contributed by atoms with Gasteiger partial charge in [-0.2, -0.15) is 0 Å². The Morgan fingerprint density at radius 1 is 1.32 bits per heavy atom. The number of aliphatic carboxylic acids is 1. The lowest BCUT2D eigenvalue weighted by Crippen LogP contribution is -2.30. The molecule has 3 N–H and O–H groups in total. The van der Waals surface area contributed by atoms with Gasteiger partial charge in [-0.25, -0.2) is 13.6 Å². The average Bonchev–Trinajstić information content (AvgIpc) is 2.31. The Hall–Kier alpha value is -1.70. The van der Waals surface area contributed by atoms with Crippen LogP contribution in [0.15, 0.2) is 16.6 Å². The number of carbonyl (C=O) groups is 2. The zero-order valence-corrected chi connectivity index (χ0v) is 11.3. The van der Waals surface area contributed by atoms with Crippen LogP contribution in [0.2, 0.25) is 0 Å². The molecule has 0 saturated carbocycles. The summed E-state index contributed by atoms with van der Waals surface area (Å²) in [5.41, 5.74) is -0.0479. The fraction of sp³-hybridized carbons (Fsp3) is 0.273. The zero-order valence-electron chi connectivity index (χ0n) is 9.67. The van der Waals surface area contributed by atoms with E-state index in [2.05, 4.69) is 26.6 Å². The number of amides is 2. The first kappa shape index (κ1) is 15.4. The van der Waals surface area contributed by atoms with Crippen molar-refractivity contribution in [1.82, 2.24) is 5.32 Å². The van der Waals surface area contributed by atoms with E-state index < -0.39 is 23.6 Å². The molecule has 0 aliphatic rings. The van der Waals surface area contributed by atoms with Gasteiger partial charge in [0, 0.05) is 19.0 Å². The molecule has 0 fully saturated rings. The first-order valence-corrected chi connectivity index (χ1v) is 6.10. The first-order valence-electron chi connectivity index (χ1n) is 5.31. The van der Waals surface area contributed by atoms with Crippen LogP contribution in [0.5, 0.6) is 0 Å². The standard InChI is InChI=1S/C11H11BrF2N2O3/c12-10-7(14)4-6(13)5-8(10)16-11(19)15-3-1-2-9(17)18/h4-5H,1-3H2,(H,17,18)(H2,15,16,19). The number of halogens is 3. The van der Waals surface area contributed by atoms with Gasteiger partial charge in [-0.1, -0.05) is 0 Å². The van der Waals surface area contributed by atoms with Crippen molar-refractivity contribution >= 4 is 33.6 Å². The lowest BCUT2D eigenvalue weighted by atomic mass is 10.3. The SMILES string of the molecule is O=C(O)CCCNC(=O)Nc1cc(F)cc(F)c1Br. The second kappa shape index (κ2) is 7.03. The molecule has 0 heterocycles. The van der Waals surface area contributed by atoms with Crippen molar-refractivity contribution in [2.75, 3.05) is 11.9 Å². The molecule has 2 amide bonds. The van der Waals surface area contributed by atoms with Crippen molar-refractivity contribution in [3.8, 4) is 0 Å². The number of carboxylic acid groups (broad SMARTS) is 1. The molecule has 1 aromatic carbocycles. The highest BCUT2D eigenvalue weighted by atomic mass is 79.9. The van der Waals surface area contributed by atoms with E-state index in [0.29, 0.717) is 6.07 Å². The molecule has 0 atom stereocenters. The Labute approximate surface area is 116 Å². The van der Waals surface area contributed by atoms with E-state index in [1.807, 2.05) is 0 Å². The third-order valence-electron chi connectivity index (χ3n) is 2.09. The van der Waals surface area contributed by atoms with Crippen LogP contribution in [0.1, 0.15) is 12.8 Å². The molecule has 0 spiro atoms. The minimum Gasteiger partial charge on any atom is -0.481 e. The van der Waals surface area contributed by atoms with Gasteiger partial charge in [0.2, 0.25) is 0 Å². The Morgan fingerprint density at radius 3 is 2.63 bits per heavy atom. The van der Waals surface area contributed by atoms with Crippen LogP contribution in [0.4, 0.5) is 19.3 Å². The van der Waals surface area contributed by atoms with Gasteiger partial charge in [-0.15, -0.1) is 0 Å². The van der Waals surface area contributed by atoms with E-state index >= 15 is 0 Å². The molecule has 0 unspecified atom stereocenters. The number of carbonyl (C=O) groups excluding carboxylic acids is 1. The summed E-state index contributed by atoms with van der Waals surface area (Å²) in [5, 5.41) is 13.0. The van der Waals surface area contributed by atoms with Crippen LogP contribution in [0, 0.1) is 11.6 Å². The molecule has 0 aliphatic heterocycles. The molecule has 0 radical (unpaired) electrons. The minimum absolute atomic E-state index is 0.0479. The third-order valence-corrected chi connectivity index (χ3v) is 2.90. The molecule has 104 valence electrons. The molecule has 0 aromatic heterocycles. The normalized spacial score (nSPS) is 10.1. The minimum atomic E-state index is -0.961. The van der Waals surface area contributed by atoms with Crippen LogP contribution in [-0.2, 0) is 4.79 Å². The molecule has 19 heavy (non-hydrogen) atoms. The number of hydrogen-bond donors (Lipinski definition) is 3. The predicted octanol–water partition coefficient (Wildman–Crippen LogP) is 2.71. The van der Waals surface area contributed by atoms with Crippen molar-refractivity contribution in [2.24, 2.45) is 0 Å². The topological polar surface area (TPSA) is 78.4 Å². The monoisotopic (exact) mass is 336 g/mol. The van der Waals surface area contributed by atoms with E-state index in [1.165, 1.54) is 0 Å². The van der Waals surface area contributed by atoms with Crippen molar-refractivity contribution < 1.29 is 23.5 Å². The maximum Gasteiger partial charge on any atom is 0.319 e. The molecular formula is C11H11BrF2N2O3. The summed E-state index contributed by atoms with van der Waals surface area (Å²) in [6.45, 7) is 0.146. The fourth-order valence-corrected chi connectivity index (χ4v) is 1.58. The van der Waals surface area contributed by atoms with Gasteiger partial charge >= 0.3 is 12.0 Å². The van der Waals surface area contributed by atoms with Crippen LogP contribution in [0.25, 0.3) is 0 Å². The van der Waals surface area contributed by atoms with E-state index in [9.17, 15) is 18.4 Å². The number of urea groups is 1. The summed E-state index contributed by atoms with van der Waals surface area (Å²) >= 11 is 2.88. The van der Waals surface area contributed by atoms with Gasteiger partial charge in [-0.05, 0) is 28.4 Å². The van der Waals surface area contributed by atoms with E-state index in [0.717, 1.165) is 6.07 Å². The summed E-state index contributed by atoms with van der Waals surface area (Å²) in [6, 6.07) is 0.973. The van der Waals surface area contributed by atoms with Crippen LogP contribution < -0.4 is 10.6 Å². The summed E-state index contributed by atoms with van der Waals surface area (Å²) in [6.07, 6.45) is 0.194. The van der Waals surface area contributed by atoms with Crippen molar-refractivity contribution in [3.05, 3.63) is 28.2 Å². The summed E-state index contributed by atoms with van der Waals surface area (Å²) in [7, 11) is 0. The predicted molar refractivity (Wildman–Crippen MR) is 67.9 cm³/mol. The molecule has 0 saturated heterocycles. The van der Waals surface area contributed by atoms with E-state index in [-0.39, 0.29) is 29.5 Å². The molecular weight excluding hydrogens is 326 g/mol. The molecule has 1 aromatic rings. The van der Waals surface area contributed by atoms with E-state index in [4.69, 9.17) is 5.11 Å². The van der Waals surface area contributed by atoms with Gasteiger partial charge < -0.3 is 15.7 Å². The largest absolute Gasteiger partial charge is 0.481 e. The van der Waals surface area contributed by atoms with Crippen LogP contribution in [0.3, 0.4) is 0 Å². The molecule has 5 nitrogen and oxygen atoms in total. The van der Waals surface area contributed by atoms with Gasteiger partial charge in [0.1, 0.15) is 11.6 Å². The smallest absolute Gasteiger partial charge is 0.319 e. The molecule has 0 bridgehead atoms. The average molecular weight is 337 g/mol. The second-order valence-electron chi connectivity index (χ2n) is 3.63. The zero-order chi connectivity index (χ0) is 14.4. The van der Waals surface area contributed by atoms with Crippen LogP contribution >= 0.6 is 15.9 Å². The number of hydrogen-bond acceptors (Lipinski definition) is 2. The fourth-order valence-electron chi connectivity index (χ4n) is 1.25. The number of anilines is 1. The number of nitrogens with one attached hydrogen (secondary N) is 2. The van der Waals surface area contributed by atoms with Crippen molar-refractivity contribution in [2.45, 2.75) is 12.8 Å². The Balaban J connectivity index is 2.51. The van der Waals surface area contributed by atoms with Gasteiger partial charge in [0.15, 0.2) is 0 Å². The first-order chi connectivity index (χ1) is 8.90.